The first-order chi connectivity index (χ1) is 12.1. The number of rotatable bonds is 8. The van der Waals surface area contributed by atoms with E-state index in [1.165, 1.54) is 36.4 Å². The van der Waals surface area contributed by atoms with E-state index in [2.05, 4.69) is 0 Å². The van der Waals surface area contributed by atoms with E-state index in [1.54, 1.807) is 12.1 Å². The van der Waals surface area contributed by atoms with Crippen molar-refractivity contribution in [2.75, 3.05) is 12.4 Å². The van der Waals surface area contributed by atoms with Crippen LogP contribution in [0.3, 0.4) is 0 Å². The van der Waals surface area contributed by atoms with E-state index in [0.717, 1.165) is 0 Å². The summed E-state index contributed by atoms with van der Waals surface area (Å²) < 4.78 is 67.4. The summed E-state index contributed by atoms with van der Waals surface area (Å²) >= 11 is 0. The summed E-state index contributed by atoms with van der Waals surface area (Å²) in [5.74, 6) is 0.196. The number of sulfone groups is 1. The van der Waals surface area contributed by atoms with Crippen LogP contribution in [0.2, 0.25) is 0 Å². The summed E-state index contributed by atoms with van der Waals surface area (Å²) in [6.07, 6.45) is -0.0124. The third-order valence-electron chi connectivity index (χ3n) is 3.24. The summed E-state index contributed by atoms with van der Waals surface area (Å²) in [7, 11) is -8.06. The van der Waals surface area contributed by atoms with Gasteiger partial charge in [0, 0.05) is 0 Å². The summed E-state index contributed by atoms with van der Waals surface area (Å²) in [4.78, 5) is 0.193. The minimum absolute atomic E-state index is 0. The van der Waals surface area contributed by atoms with Crippen molar-refractivity contribution in [3.8, 4) is 11.5 Å². The molecule has 2 aromatic rings. The van der Waals surface area contributed by atoms with Crippen LogP contribution < -0.4 is 39.0 Å². The van der Waals surface area contributed by atoms with Gasteiger partial charge < -0.3 is 14.0 Å². The van der Waals surface area contributed by atoms with Crippen molar-refractivity contribution in [3.63, 3.8) is 0 Å². The first-order valence-corrected chi connectivity index (χ1v) is 10.8. The van der Waals surface area contributed by atoms with Gasteiger partial charge in [-0.15, -0.1) is 0 Å². The maximum Gasteiger partial charge on any atom is 1.00 e. The zero-order valence-corrected chi connectivity index (χ0v) is 18.9. The molecule has 0 spiro atoms. The van der Waals surface area contributed by atoms with Gasteiger partial charge in [-0.2, -0.15) is 0 Å². The van der Waals surface area contributed by atoms with Gasteiger partial charge in [0.2, 0.25) is 9.84 Å². The Labute approximate surface area is 181 Å². The van der Waals surface area contributed by atoms with E-state index in [9.17, 15) is 21.4 Å². The fraction of sp³-hybridized carbons (Fsp3) is 0.294. The molecule has 0 aromatic heterocycles. The Morgan fingerprint density at radius 2 is 1.30 bits per heavy atom. The van der Waals surface area contributed by atoms with Crippen LogP contribution in [-0.2, 0) is 20.0 Å². The fourth-order valence-electron chi connectivity index (χ4n) is 2.08. The van der Waals surface area contributed by atoms with Crippen molar-refractivity contribution in [2.24, 2.45) is 0 Å². The Kier molecular flexibility index (Phi) is 8.78. The van der Waals surface area contributed by atoms with Crippen molar-refractivity contribution in [3.05, 3.63) is 48.5 Å². The predicted molar refractivity (Wildman–Crippen MR) is 94.2 cm³/mol. The average Bonchev–Trinajstić information content (AvgIpc) is 2.54. The molecule has 0 saturated heterocycles. The normalized spacial score (nSPS) is 11.7. The zero-order valence-electron chi connectivity index (χ0n) is 15.3. The molecule has 10 heteroatoms. The molecule has 0 amide bonds. The van der Waals surface area contributed by atoms with Gasteiger partial charge in [-0.3, -0.25) is 0 Å². The molecule has 2 rings (SSSR count). The van der Waals surface area contributed by atoms with Gasteiger partial charge in [-0.25, -0.2) is 16.8 Å². The molecular formula is C17H19NaO7S2. The molecule has 0 atom stereocenters. The van der Waals surface area contributed by atoms with E-state index < -0.39 is 25.7 Å². The van der Waals surface area contributed by atoms with Crippen LogP contribution in [0.25, 0.3) is 0 Å². The molecule has 0 fully saturated rings. The van der Waals surface area contributed by atoms with Crippen molar-refractivity contribution < 1.29 is 60.4 Å². The van der Waals surface area contributed by atoms with Gasteiger partial charge in [0.25, 0.3) is 0 Å². The summed E-state index contributed by atoms with van der Waals surface area (Å²) in [6.45, 7) is 3.46. The molecule has 0 heterocycles. The Balaban J connectivity index is 0.00000364. The molecule has 0 aliphatic heterocycles. The first-order valence-electron chi connectivity index (χ1n) is 7.76. The van der Waals surface area contributed by atoms with E-state index in [1.807, 2.05) is 13.8 Å². The molecule has 2 aromatic carbocycles. The van der Waals surface area contributed by atoms with Gasteiger partial charge in [-0.1, -0.05) is 0 Å². The standard InChI is InChI=1S/C17H20O7S2.Na/c1-13(2)24-15-5-9-17(10-6-15)26(21,22)16-7-3-14(4-8-16)23-11-12-25(18,19)20;/h3-10,13H,11-12H2,1-2H3,(H,18,19,20);/q;+1/p-1. The van der Waals surface area contributed by atoms with E-state index >= 15 is 0 Å². The fourth-order valence-corrected chi connectivity index (χ4v) is 3.63. The van der Waals surface area contributed by atoms with E-state index in [0.29, 0.717) is 5.75 Å². The summed E-state index contributed by atoms with van der Waals surface area (Å²) in [5, 5.41) is 0. The van der Waals surface area contributed by atoms with Crippen LogP contribution in [0.4, 0.5) is 0 Å². The minimum Gasteiger partial charge on any atom is -0.748 e. The molecular weight excluding hydrogens is 403 g/mol. The van der Waals surface area contributed by atoms with Crippen LogP contribution in [0, 0.1) is 0 Å². The van der Waals surface area contributed by atoms with Crippen LogP contribution in [0.15, 0.2) is 58.3 Å². The van der Waals surface area contributed by atoms with Gasteiger partial charge in [0.05, 0.1) is 31.8 Å². The zero-order chi connectivity index (χ0) is 19.4. The molecule has 0 N–H and O–H groups in total. The van der Waals surface area contributed by atoms with Crippen molar-refractivity contribution in [1.82, 2.24) is 0 Å². The quantitative estimate of drug-likeness (QED) is 0.406. The van der Waals surface area contributed by atoms with Crippen molar-refractivity contribution in [2.45, 2.75) is 29.7 Å². The van der Waals surface area contributed by atoms with Crippen molar-refractivity contribution >= 4 is 20.0 Å². The van der Waals surface area contributed by atoms with Gasteiger partial charge in [0.1, 0.15) is 18.1 Å². The van der Waals surface area contributed by atoms with Crippen molar-refractivity contribution in [1.29, 1.82) is 0 Å². The second kappa shape index (κ2) is 9.90. The number of hydrogen-bond acceptors (Lipinski definition) is 7. The van der Waals surface area contributed by atoms with Crippen LogP contribution in [0.1, 0.15) is 13.8 Å². The number of ether oxygens (including phenoxy) is 2. The van der Waals surface area contributed by atoms with Crippen LogP contribution in [0.5, 0.6) is 11.5 Å². The maximum atomic E-state index is 12.6. The summed E-state index contributed by atoms with van der Waals surface area (Å²) in [5.41, 5.74) is 0. The Morgan fingerprint density at radius 3 is 1.70 bits per heavy atom. The molecule has 0 aliphatic rings. The number of hydrogen-bond donors (Lipinski definition) is 0. The second-order valence-electron chi connectivity index (χ2n) is 5.72. The monoisotopic (exact) mass is 422 g/mol. The molecule has 7 nitrogen and oxygen atoms in total. The molecule has 0 unspecified atom stereocenters. The smallest absolute Gasteiger partial charge is 0.748 e. The molecule has 0 aliphatic carbocycles. The maximum absolute atomic E-state index is 12.6. The third-order valence-corrected chi connectivity index (χ3v) is 5.69. The molecule has 142 valence electrons. The van der Waals surface area contributed by atoms with E-state index in [-0.39, 0.29) is 57.8 Å². The Bertz CT molecular complexity index is 936. The topological polar surface area (TPSA) is 110 Å². The largest absolute Gasteiger partial charge is 1.00 e. The second-order valence-corrected chi connectivity index (χ2v) is 9.20. The third kappa shape index (κ3) is 7.44. The molecule has 27 heavy (non-hydrogen) atoms. The van der Waals surface area contributed by atoms with Gasteiger partial charge >= 0.3 is 29.6 Å². The predicted octanol–water partition coefficient (Wildman–Crippen LogP) is -0.765. The molecule has 0 saturated carbocycles. The first kappa shape index (κ1) is 23.9. The summed E-state index contributed by atoms with van der Waals surface area (Å²) in [6, 6.07) is 11.6. The average molecular weight is 422 g/mol. The van der Waals surface area contributed by atoms with Crippen LogP contribution >= 0.6 is 0 Å². The minimum atomic E-state index is -4.35. The molecule has 0 bridgehead atoms. The van der Waals surface area contributed by atoms with Gasteiger partial charge in [-0.05, 0) is 62.4 Å². The Hall–Kier alpha value is -1.10. The Morgan fingerprint density at radius 1 is 0.852 bits per heavy atom. The van der Waals surface area contributed by atoms with E-state index in [4.69, 9.17) is 9.47 Å². The molecule has 0 radical (unpaired) electrons. The number of benzene rings is 2. The van der Waals surface area contributed by atoms with Gasteiger partial charge in [0.15, 0.2) is 0 Å². The van der Waals surface area contributed by atoms with Crippen LogP contribution in [-0.4, -0.2) is 39.9 Å². The SMILES string of the molecule is CC(C)Oc1ccc(S(=O)(=O)c2ccc(OCCS(=O)(=O)[O-])cc2)cc1.[Na+].